The normalized spacial score (nSPS) is 10.5. The van der Waals surface area contributed by atoms with Crippen molar-refractivity contribution in [2.45, 2.75) is 20.3 Å². The lowest BCUT2D eigenvalue weighted by Crippen LogP contribution is -2.07. The van der Waals surface area contributed by atoms with Gasteiger partial charge in [0.25, 0.3) is 0 Å². The van der Waals surface area contributed by atoms with E-state index in [0.29, 0.717) is 10.6 Å². The van der Waals surface area contributed by atoms with Gasteiger partial charge in [-0.15, -0.1) is 16.4 Å². The van der Waals surface area contributed by atoms with Gasteiger partial charge in [-0.05, 0) is 19.4 Å². The van der Waals surface area contributed by atoms with Crippen LogP contribution in [0.15, 0.2) is 12.3 Å². The SMILES string of the molecule is CCOC(=O)c1cc(CC)sc1-n1cc(C(=O)O)nn1. The predicted molar refractivity (Wildman–Crippen MR) is 71.5 cm³/mol. The fraction of sp³-hybridized carbons (Fsp3) is 0.333. The highest BCUT2D eigenvalue weighted by molar-refractivity contribution is 7.14. The Bertz CT molecular complexity index is 647. The summed E-state index contributed by atoms with van der Waals surface area (Å²) in [6, 6.07) is 1.74. The van der Waals surface area contributed by atoms with Gasteiger partial charge in [0.15, 0.2) is 5.69 Å². The molecule has 2 aromatic rings. The predicted octanol–water partition coefficient (Wildman–Crippen LogP) is 1.77. The topological polar surface area (TPSA) is 94.3 Å². The maximum atomic E-state index is 11.9. The summed E-state index contributed by atoms with van der Waals surface area (Å²) < 4.78 is 6.28. The number of aromatic carboxylic acids is 1. The second-order valence-corrected chi connectivity index (χ2v) is 4.97. The van der Waals surface area contributed by atoms with Crippen molar-refractivity contribution >= 4 is 23.3 Å². The van der Waals surface area contributed by atoms with Crippen LogP contribution in [0, 0.1) is 0 Å². The van der Waals surface area contributed by atoms with Crippen LogP contribution in [-0.2, 0) is 11.2 Å². The van der Waals surface area contributed by atoms with Gasteiger partial charge in [0.2, 0.25) is 0 Å². The number of carbonyl (C=O) groups excluding carboxylic acids is 1. The molecule has 0 aromatic carbocycles. The summed E-state index contributed by atoms with van der Waals surface area (Å²) >= 11 is 1.36. The number of carbonyl (C=O) groups is 2. The first-order chi connectivity index (χ1) is 9.56. The van der Waals surface area contributed by atoms with Gasteiger partial charge in [-0.3, -0.25) is 0 Å². The molecule has 0 unspecified atom stereocenters. The molecular weight excluding hydrogens is 282 g/mol. The smallest absolute Gasteiger partial charge is 0.358 e. The number of carboxylic acids is 1. The fourth-order valence-electron chi connectivity index (χ4n) is 1.59. The molecule has 106 valence electrons. The van der Waals surface area contributed by atoms with Crippen LogP contribution >= 0.6 is 11.3 Å². The Kier molecular flexibility index (Phi) is 4.14. The number of aryl methyl sites for hydroxylation is 1. The molecule has 0 amide bonds. The molecule has 7 nitrogen and oxygen atoms in total. The molecule has 0 saturated carbocycles. The zero-order chi connectivity index (χ0) is 14.7. The Labute approximate surface area is 118 Å². The summed E-state index contributed by atoms with van der Waals surface area (Å²) in [5.41, 5.74) is 0.196. The lowest BCUT2D eigenvalue weighted by molar-refractivity contribution is 0.0526. The Morgan fingerprint density at radius 2 is 2.20 bits per heavy atom. The van der Waals surface area contributed by atoms with Crippen LogP contribution in [0.3, 0.4) is 0 Å². The summed E-state index contributed by atoms with van der Waals surface area (Å²) in [7, 11) is 0. The Morgan fingerprint density at radius 3 is 2.75 bits per heavy atom. The zero-order valence-electron chi connectivity index (χ0n) is 11.0. The van der Waals surface area contributed by atoms with Gasteiger partial charge in [-0.1, -0.05) is 12.1 Å². The van der Waals surface area contributed by atoms with Crippen molar-refractivity contribution in [1.29, 1.82) is 0 Å². The molecule has 0 fully saturated rings. The minimum Gasteiger partial charge on any atom is -0.476 e. The summed E-state index contributed by atoms with van der Waals surface area (Å²) in [5.74, 6) is -1.62. The number of nitrogens with zero attached hydrogens (tertiary/aromatic N) is 3. The van der Waals surface area contributed by atoms with Crippen LogP contribution in [0.4, 0.5) is 0 Å². The van der Waals surface area contributed by atoms with Gasteiger partial charge in [-0.2, -0.15) is 0 Å². The molecule has 0 spiro atoms. The summed E-state index contributed by atoms with van der Waals surface area (Å²) in [5, 5.41) is 16.7. The van der Waals surface area contributed by atoms with Crippen LogP contribution in [0.5, 0.6) is 0 Å². The molecule has 20 heavy (non-hydrogen) atoms. The highest BCUT2D eigenvalue weighted by atomic mass is 32.1. The molecule has 0 atom stereocenters. The molecule has 0 aliphatic carbocycles. The van der Waals surface area contributed by atoms with Crippen molar-refractivity contribution in [3.8, 4) is 5.00 Å². The number of carboxylic acid groups (broad SMARTS) is 1. The molecule has 2 heterocycles. The van der Waals surface area contributed by atoms with Crippen LogP contribution in [-0.4, -0.2) is 38.6 Å². The third-order valence-corrected chi connectivity index (χ3v) is 3.80. The summed E-state index contributed by atoms with van der Waals surface area (Å²) in [4.78, 5) is 23.7. The van der Waals surface area contributed by atoms with E-state index in [-0.39, 0.29) is 12.3 Å². The highest BCUT2D eigenvalue weighted by Crippen LogP contribution is 2.27. The number of aromatic nitrogens is 3. The monoisotopic (exact) mass is 295 g/mol. The first-order valence-electron chi connectivity index (χ1n) is 6.02. The average molecular weight is 295 g/mol. The van der Waals surface area contributed by atoms with Gasteiger partial charge >= 0.3 is 11.9 Å². The number of hydrogen-bond acceptors (Lipinski definition) is 6. The van der Waals surface area contributed by atoms with E-state index in [1.54, 1.807) is 13.0 Å². The minimum absolute atomic E-state index is 0.175. The fourth-order valence-corrected chi connectivity index (χ4v) is 2.60. The van der Waals surface area contributed by atoms with E-state index in [0.717, 1.165) is 11.3 Å². The van der Waals surface area contributed by atoms with E-state index in [1.165, 1.54) is 22.2 Å². The van der Waals surface area contributed by atoms with Crippen LogP contribution in [0.2, 0.25) is 0 Å². The maximum Gasteiger partial charge on any atom is 0.358 e. The summed E-state index contributed by atoms with van der Waals surface area (Å²) in [6.45, 7) is 3.96. The molecule has 8 heteroatoms. The number of thiophene rings is 1. The van der Waals surface area contributed by atoms with Crippen LogP contribution in [0.25, 0.3) is 5.00 Å². The van der Waals surface area contributed by atoms with E-state index in [4.69, 9.17) is 9.84 Å². The van der Waals surface area contributed by atoms with E-state index in [9.17, 15) is 9.59 Å². The van der Waals surface area contributed by atoms with Crippen molar-refractivity contribution in [2.24, 2.45) is 0 Å². The quantitative estimate of drug-likeness (QED) is 0.845. The number of rotatable bonds is 5. The van der Waals surface area contributed by atoms with E-state index >= 15 is 0 Å². The van der Waals surface area contributed by atoms with E-state index < -0.39 is 11.9 Å². The second kappa shape index (κ2) is 5.83. The van der Waals surface area contributed by atoms with Crippen molar-refractivity contribution in [1.82, 2.24) is 15.0 Å². The van der Waals surface area contributed by atoms with Crippen molar-refractivity contribution in [2.75, 3.05) is 6.61 Å². The Hall–Kier alpha value is -2.22. The van der Waals surface area contributed by atoms with E-state index in [2.05, 4.69) is 10.3 Å². The molecule has 0 radical (unpaired) electrons. The third kappa shape index (κ3) is 2.69. The van der Waals surface area contributed by atoms with Gasteiger partial charge in [-0.25, -0.2) is 14.3 Å². The van der Waals surface area contributed by atoms with Gasteiger partial charge in [0.05, 0.1) is 18.4 Å². The average Bonchev–Trinajstić information content (AvgIpc) is 3.05. The number of hydrogen-bond donors (Lipinski definition) is 1. The highest BCUT2D eigenvalue weighted by Gasteiger charge is 2.20. The molecular formula is C12H13N3O4S. The van der Waals surface area contributed by atoms with Gasteiger partial charge < -0.3 is 9.84 Å². The maximum absolute atomic E-state index is 11.9. The Morgan fingerprint density at radius 1 is 1.45 bits per heavy atom. The third-order valence-electron chi connectivity index (χ3n) is 2.53. The van der Waals surface area contributed by atoms with Crippen LogP contribution < -0.4 is 0 Å². The van der Waals surface area contributed by atoms with Gasteiger partial charge in [0.1, 0.15) is 5.00 Å². The van der Waals surface area contributed by atoms with Gasteiger partial charge in [0, 0.05) is 4.88 Å². The van der Waals surface area contributed by atoms with E-state index in [1.807, 2.05) is 6.92 Å². The second-order valence-electron chi connectivity index (χ2n) is 3.86. The molecule has 0 saturated heterocycles. The lowest BCUT2D eigenvalue weighted by Gasteiger charge is -2.02. The zero-order valence-corrected chi connectivity index (χ0v) is 11.8. The minimum atomic E-state index is -1.17. The van der Waals surface area contributed by atoms with Crippen molar-refractivity contribution in [3.63, 3.8) is 0 Å². The van der Waals surface area contributed by atoms with Crippen molar-refractivity contribution < 1.29 is 19.4 Å². The molecule has 1 N–H and O–H groups in total. The molecule has 0 bridgehead atoms. The summed E-state index contributed by atoms with van der Waals surface area (Å²) in [6.07, 6.45) is 2.04. The first kappa shape index (κ1) is 14.2. The molecule has 2 rings (SSSR count). The molecule has 0 aliphatic heterocycles. The largest absolute Gasteiger partial charge is 0.476 e. The number of ether oxygens (including phenoxy) is 1. The Balaban J connectivity index is 2.45. The van der Waals surface area contributed by atoms with Crippen molar-refractivity contribution in [3.05, 3.63) is 28.4 Å². The lowest BCUT2D eigenvalue weighted by atomic mass is 10.2. The number of esters is 1. The molecule has 0 aliphatic rings. The van der Waals surface area contributed by atoms with Crippen LogP contribution in [0.1, 0.15) is 39.6 Å². The molecule has 2 aromatic heterocycles. The first-order valence-corrected chi connectivity index (χ1v) is 6.84. The standard InChI is InChI=1S/C12H13N3O4S/c1-3-7-5-8(12(18)19-4-2)10(20-7)15-6-9(11(16)17)13-14-15/h5-6H,3-4H2,1-2H3,(H,16,17).